The normalized spacial score (nSPS) is 10.7. The topological polar surface area (TPSA) is 34.9 Å². The van der Waals surface area contributed by atoms with Crippen LogP contribution in [0.3, 0.4) is 0 Å². The molecule has 0 aliphatic heterocycles. The van der Waals surface area contributed by atoms with E-state index in [1.54, 1.807) is 10.8 Å². The summed E-state index contributed by atoms with van der Waals surface area (Å²) in [7, 11) is 0. The van der Waals surface area contributed by atoms with Gasteiger partial charge < -0.3 is 0 Å². The molecule has 0 unspecified atom stereocenters. The van der Waals surface area contributed by atoms with Crippen molar-refractivity contribution in [1.29, 1.82) is 0 Å². The average molecular weight is 338 g/mol. The minimum Gasteiger partial charge on any atom is -0.268 e. The molecule has 3 heteroatoms. The molecule has 0 bridgehead atoms. The zero-order chi connectivity index (χ0) is 17.9. The first-order valence-electron chi connectivity index (χ1n) is 8.54. The molecule has 0 saturated carbocycles. The molecule has 0 fully saturated rings. The highest BCUT2D eigenvalue weighted by molar-refractivity contribution is 5.66. The van der Waals surface area contributed by atoms with Gasteiger partial charge in [0, 0.05) is 11.8 Å². The maximum atomic E-state index is 13.4. The highest BCUT2D eigenvalue weighted by atomic mass is 16.1. The van der Waals surface area contributed by atoms with E-state index < -0.39 is 0 Å². The minimum absolute atomic E-state index is 0.0751. The van der Waals surface area contributed by atoms with Crippen molar-refractivity contribution in [2.45, 2.75) is 6.92 Å². The van der Waals surface area contributed by atoms with Crippen LogP contribution in [0.15, 0.2) is 95.9 Å². The van der Waals surface area contributed by atoms with Gasteiger partial charge in [-0.1, -0.05) is 78.4 Å². The van der Waals surface area contributed by atoms with Gasteiger partial charge in [-0.15, -0.1) is 0 Å². The van der Waals surface area contributed by atoms with Gasteiger partial charge in [0.1, 0.15) is 5.82 Å². The Morgan fingerprint density at radius 3 is 1.92 bits per heavy atom. The summed E-state index contributed by atoms with van der Waals surface area (Å²) >= 11 is 0. The molecule has 0 radical (unpaired) electrons. The molecular formula is C23H18N2O. The lowest BCUT2D eigenvalue weighted by Crippen LogP contribution is -2.23. The van der Waals surface area contributed by atoms with Crippen LogP contribution in [0.25, 0.3) is 28.2 Å². The zero-order valence-electron chi connectivity index (χ0n) is 14.5. The monoisotopic (exact) mass is 338 g/mol. The molecule has 0 aliphatic carbocycles. The number of hydrogen-bond donors (Lipinski definition) is 0. The van der Waals surface area contributed by atoms with Gasteiger partial charge in [0.2, 0.25) is 0 Å². The molecule has 126 valence electrons. The Bertz CT molecular complexity index is 1080. The van der Waals surface area contributed by atoms with Crippen molar-refractivity contribution >= 4 is 0 Å². The van der Waals surface area contributed by atoms with Crippen molar-refractivity contribution in [3.05, 3.63) is 107 Å². The van der Waals surface area contributed by atoms with Gasteiger partial charge in [0.25, 0.3) is 5.56 Å². The predicted molar refractivity (Wildman–Crippen MR) is 105 cm³/mol. The Morgan fingerprint density at radius 1 is 0.731 bits per heavy atom. The number of nitrogens with zero attached hydrogens (tertiary/aromatic N) is 2. The minimum atomic E-state index is -0.0751. The summed E-state index contributed by atoms with van der Waals surface area (Å²) in [5.74, 6) is 0.638. The Morgan fingerprint density at radius 2 is 1.31 bits per heavy atom. The summed E-state index contributed by atoms with van der Waals surface area (Å²) in [4.78, 5) is 18.0. The van der Waals surface area contributed by atoms with Gasteiger partial charge >= 0.3 is 0 Å². The van der Waals surface area contributed by atoms with Crippen LogP contribution < -0.4 is 5.56 Å². The van der Waals surface area contributed by atoms with Crippen LogP contribution in [0.1, 0.15) is 5.56 Å². The Kier molecular flexibility index (Phi) is 4.20. The molecule has 4 aromatic rings. The average Bonchev–Trinajstić information content (AvgIpc) is 2.70. The lowest BCUT2D eigenvalue weighted by molar-refractivity contribution is 0.952. The van der Waals surface area contributed by atoms with Crippen molar-refractivity contribution in [3.63, 3.8) is 0 Å². The highest BCUT2D eigenvalue weighted by Crippen LogP contribution is 2.22. The Hall–Kier alpha value is -3.46. The van der Waals surface area contributed by atoms with Crippen molar-refractivity contribution in [2.24, 2.45) is 0 Å². The number of hydrogen-bond acceptors (Lipinski definition) is 2. The van der Waals surface area contributed by atoms with Crippen LogP contribution in [0.5, 0.6) is 0 Å². The van der Waals surface area contributed by atoms with E-state index in [1.807, 2.05) is 91.9 Å². The lowest BCUT2D eigenvalue weighted by Gasteiger charge is -2.14. The molecule has 1 aromatic heterocycles. The molecule has 0 amide bonds. The van der Waals surface area contributed by atoms with E-state index in [2.05, 4.69) is 4.98 Å². The van der Waals surface area contributed by atoms with E-state index in [1.165, 1.54) is 0 Å². The standard InChI is InChI=1S/C23H18N2O/c1-17-12-14-20(15-13-17)25-22(19-10-6-3-7-11-19)24-16-21(23(25)26)18-8-4-2-5-9-18/h2-16H,1H3. The largest absolute Gasteiger partial charge is 0.268 e. The van der Waals surface area contributed by atoms with E-state index in [-0.39, 0.29) is 5.56 Å². The van der Waals surface area contributed by atoms with Crippen molar-refractivity contribution in [2.75, 3.05) is 0 Å². The first-order chi connectivity index (χ1) is 12.7. The summed E-state index contributed by atoms with van der Waals surface area (Å²) in [5.41, 5.74) is 4.25. The third-order valence-electron chi connectivity index (χ3n) is 4.37. The number of benzene rings is 3. The second-order valence-corrected chi connectivity index (χ2v) is 6.20. The van der Waals surface area contributed by atoms with Gasteiger partial charge in [0.05, 0.1) is 11.3 Å². The van der Waals surface area contributed by atoms with Gasteiger partial charge in [-0.25, -0.2) is 4.98 Å². The summed E-state index contributed by atoms with van der Waals surface area (Å²) < 4.78 is 1.69. The van der Waals surface area contributed by atoms with Gasteiger partial charge in [-0.2, -0.15) is 0 Å². The van der Waals surface area contributed by atoms with E-state index in [0.29, 0.717) is 11.4 Å². The molecule has 3 aromatic carbocycles. The summed E-state index contributed by atoms with van der Waals surface area (Å²) in [5, 5.41) is 0. The summed E-state index contributed by atoms with van der Waals surface area (Å²) in [6.45, 7) is 2.03. The number of aryl methyl sites for hydroxylation is 1. The SMILES string of the molecule is Cc1ccc(-n2c(-c3ccccc3)ncc(-c3ccccc3)c2=O)cc1. The Balaban J connectivity index is 2.01. The first-order valence-corrected chi connectivity index (χ1v) is 8.54. The second kappa shape index (κ2) is 6.81. The van der Waals surface area contributed by atoms with Crippen molar-refractivity contribution in [3.8, 4) is 28.2 Å². The van der Waals surface area contributed by atoms with Crippen LogP contribution >= 0.6 is 0 Å². The highest BCUT2D eigenvalue weighted by Gasteiger charge is 2.14. The fourth-order valence-electron chi connectivity index (χ4n) is 3.00. The van der Waals surface area contributed by atoms with Crippen LogP contribution in [0, 0.1) is 6.92 Å². The van der Waals surface area contributed by atoms with E-state index in [0.717, 1.165) is 22.4 Å². The maximum Gasteiger partial charge on any atom is 0.266 e. The molecule has 0 spiro atoms. The van der Waals surface area contributed by atoms with Crippen molar-refractivity contribution < 1.29 is 0 Å². The third kappa shape index (κ3) is 2.95. The maximum absolute atomic E-state index is 13.4. The molecule has 4 rings (SSSR count). The fourth-order valence-corrected chi connectivity index (χ4v) is 3.00. The Labute approximate surface area is 152 Å². The molecule has 1 heterocycles. The molecule has 26 heavy (non-hydrogen) atoms. The smallest absolute Gasteiger partial charge is 0.266 e. The molecule has 0 aliphatic rings. The molecule has 0 saturated heterocycles. The van der Waals surface area contributed by atoms with E-state index in [4.69, 9.17) is 0 Å². The quantitative estimate of drug-likeness (QED) is 0.534. The number of aromatic nitrogens is 2. The zero-order valence-corrected chi connectivity index (χ0v) is 14.5. The van der Waals surface area contributed by atoms with Crippen LogP contribution in [0.4, 0.5) is 0 Å². The second-order valence-electron chi connectivity index (χ2n) is 6.20. The summed E-state index contributed by atoms with van der Waals surface area (Å²) in [6.07, 6.45) is 1.67. The molecule has 0 N–H and O–H groups in total. The molecular weight excluding hydrogens is 320 g/mol. The molecule has 0 atom stereocenters. The lowest BCUT2D eigenvalue weighted by atomic mass is 10.1. The van der Waals surface area contributed by atoms with Crippen LogP contribution in [-0.4, -0.2) is 9.55 Å². The van der Waals surface area contributed by atoms with Gasteiger partial charge in [-0.3, -0.25) is 9.36 Å². The van der Waals surface area contributed by atoms with Gasteiger partial charge in [-0.05, 0) is 24.6 Å². The van der Waals surface area contributed by atoms with E-state index >= 15 is 0 Å². The predicted octanol–water partition coefficient (Wildman–Crippen LogP) is 4.87. The third-order valence-corrected chi connectivity index (χ3v) is 4.37. The molecule has 3 nitrogen and oxygen atoms in total. The van der Waals surface area contributed by atoms with Crippen LogP contribution in [0.2, 0.25) is 0 Å². The van der Waals surface area contributed by atoms with Gasteiger partial charge in [0.15, 0.2) is 0 Å². The fraction of sp³-hybridized carbons (Fsp3) is 0.0435. The first kappa shape index (κ1) is 16.0. The summed E-state index contributed by atoms with van der Waals surface area (Å²) in [6, 6.07) is 27.4. The van der Waals surface area contributed by atoms with E-state index in [9.17, 15) is 4.79 Å². The number of rotatable bonds is 3. The van der Waals surface area contributed by atoms with Crippen molar-refractivity contribution in [1.82, 2.24) is 9.55 Å². The van der Waals surface area contributed by atoms with Crippen LogP contribution in [-0.2, 0) is 0 Å².